The molecule has 0 aliphatic carbocycles. The molecule has 2 amide bonds. The number of amides is 2. The van der Waals surface area contributed by atoms with E-state index in [4.69, 9.17) is 11.6 Å². The van der Waals surface area contributed by atoms with Crippen LogP contribution in [-0.4, -0.2) is 33.3 Å². The molecule has 9 heteroatoms. The van der Waals surface area contributed by atoms with Crippen LogP contribution in [0.15, 0.2) is 83.8 Å². The molecule has 0 aliphatic heterocycles. The van der Waals surface area contributed by atoms with Gasteiger partial charge in [0, 0.05) is 11.6 Å². The van der Waals surface area contributed by atoms with E-state index >= 15 is 0 Å². The van der Waals surface area contributed by atoms with E-state index in [2.05, 4.69) is 10.6 Å². The molecule has 178 valence electrons. The van der Waals surface area contributed by atoms with Crippen molar-refractivity contribution < 1.29 is 18.0 Å². The van der Waals surface area contributed by atoms with Crippen LogP contribution in [0.5, 0.6) is 0 Å². The first kappa shape index (κ1) is 25.3. The largest absolute Gasteiger partial charge is 0.352 e. The zero-order valence-electron chi connectivity index (χ0n) is 18.7. The minimum absolute atomic E-state index is 0.0495. The van der Waals surface area contributed by atoms with Gasteiger partial charge in [-0.2, -0.15) is 0 Å². The highest BCUT2D eigenvalue weighted by molar-refractivity contribution is 7.92. The zero-order chi connectivity index (χ0) is 24.6. The molecule has 0 radical (unpaired) electrons. The van der Waals surface area contributed by atoms with Gasteiger partial charge in [0.15, 0.2) is 0 Å². The molecule has 0 bridgehead atoms. The summed E-state index contributed by atoms with van der Waals surface area (Å²) in [6.45, 7) is 2.05. The molecule has 3 rings (SSSR count). The Morgan fingerprint density at radius 1 is 0.912 bits per heavy atom. The first-order valence-corrected chi connectivity index (χ1v) is 12.6. The Morgan fingerprint density at radius 2 is 1.56 bits per heavy atom. The third-order valence-corrected chi connectivity index (χ3v) is 7.03. The third kappa shape index (κ3) is 6.36. The van der Waals surface area contributed by atoms with E-state index < -0.39 is 22.5 Å². The van der Waals surface area contributed by atoms with Gasteiger partial charge in [-0.1, -0.05) is 55.3 Å². The van der Waals surface area contributed by atoms with Crippen molar-refractivity contribution in [2.75, 3.05) is 22.7 Å². The van der Waals surface area contributed by atoms with Crippen molar-refractivity contribution in [3.8, 4) is 0 Å². The highest BCUT2D eigenvalue weighted by atomic mass is 35.5. The van der Waals surface area contributed by atoms with E-state index in [0.717, 1.165) is 17.1 Å². The van der Waals surface area contributed by atoms with Crippen LogP contribution in [0.3, 0.4) is 0 Å². The van der Waals surface area contributed by atoms with Gasteiger partial charge in [-0.25, -0.2) is 8.42 Å². The topological polar surface area (TPSA) is 95.6 Å². The lowest BCUT2D eigenvalue weighted by atomic mass is 10.1. The molecule has 3 aromatic rings. The standard InChI is InChI=1S/C25H26ClN3O4S/c1-2-3-17-27-25(31)22-11-7-8-12-23(22)28-24(30)18-29(20-15-13-19(26)14-16-20)34(32,33)21-9-5-4-6-10-21/h4-16H,2-3,17-18H2,1H3,(H,27,31)(H,28,30). The van der Waals surface area contributed by atoms with Crippen molar-refractivity contribution in [2.45, 2.75) is 24.7 Å². The number of hydrogen-bond donors (Lipinski definition) is 2. The number of unbranched alkanes of at least 4 members (excludes halogenated alkanes) is 1. The molecule has 0 fully saturated rings. The van der Waals surface area contributed by atoms with Gasteiger partial charge in [0.25, 0.3) is 15.9 Å². The highest BCUT2D eigenvalue weighted by Gasteiger charge is 2.27. The normalized spacial score (nSPS) is 11.0. The maximum atomic E-state index is 13.4. The summed E-state index contributed by atoms with van der Waals surface area (Å²) in [5.41, 5.74) is 0.888. The second-order valence-electron chi connectivity index (χ2n) is 7.50. The summed E-state index contributed by atoms with van der Waals surface area (Å²) in [7, 11) is -4.05. The van der Waals surface area contributed by atoms with Crippen LogP contribution in [0.1, 0.15) is 30.1 Å². The molecule has 0 aromatic heterocycles. The van der Waals surface area contributed by atoms with E-state index in [9.17, 15) is 18.0 Å². The van der Waals surface area contributed by atoms with Gasteiger partial charge in [0.2, 0.25) is 5.91 Å². The molecule has 0 saturated carbocycles. The van der Waals surface area contributed by atoms with Crippen LogP contribution in [-0.2, 0) is 14.8 Å². The van der Waals surface area contributed by atoms with Gasteiger partial charge in [-0.3, -0.25) is 13.9 Å². The lowest BCUT2D eigenvalue weighted by molar-refractivity contribution is -0.114. The molecular weight excluding hydrogens is 474 g/mol. The summed E-state index contributed by atoms with van der Waals surface area (Å²) < 4.78 is 27.8. The van der Waals surface area contributed by atoms with Crippen molar-refractivity contribution in [3.63, 3.8) is 0 Å². The molecule has 0 spiro atoms. The lowest BCUT2D eigenvalue weighted by Gasteiger charge is -2.24. The first-order valence-electron chi connectivity index (χ1n) is 10.8. The molecule has 7 nitrogen and oxygen atoms in total. The van der Waals surface area contributed by atoms with Gasteiger partial charge in [-0.15, -0.1) is 0 Å². The number of carbonyl (C=O) groups excluding carboxylic acids is 2. The van der Waals surface area contributed by atoms with Crippen LogP contribution < -0.4 is 14.9 Å². The summed E-state index contributed by atoms with van der Waals surface area (Å²) in [4.78, 5) is 25.6. The molecule has 0 saturated heterocycles. The van der Waals surface area contributed by atoms with Crippen molar-refractivity contribution in [1.82, 2.24) is 5.32 Å². The van der Waals surface area contributed by atoms with Crippen LogP contribution in [0.2, 0.25) is 5.02 Å². The Hall–Kier alpha value is -3.36. The van der Waals surface area contributed by atoms with E-state index in [-0.39, 0.29) is 16.5 Å². The first-order chi connectivity index (χ1) is 16.3. The zero-order valence-corrected chi connectivity index (χ0v) is 20.3. The van der Waals surface area contributed by atoms with Crippen molar-refractivity contribution in [3.05, 3.63) is 89.4 Å². The number of hydrogen-bond acceptors (Lipinski definition) is 4. The minimum Gasteiger partial charge on any atom is -0.352 e. The molecule has 0 aliphatic rings. The predicted molar refractivity (Wildman–Crippen MR) is 135 cm³/mol. The van der Waals surface area contributed by atoms with E-state index in [1.807, 2.05) is 6.92 Å². The number of nitrogens with zero attached hydrogens (tertiary/aromatic N) is 1. The molecule has 0 atom stereocenters. The molecule has 0 heterocycles. The van der Waals surface area contributed by atoms with E-state index in [1.54, 1.807) is 54.6 Å². The monoisotopic (exact) mass is 499 g/mol. The SMILES string of the molecule is CCCCNC(=O)c1ccccc1NC(=O)CN(c1ccc(Cl)cc1)S(=O)(=O)c1ccccc1. The van der Waals surface area contributed by atoms with Crippen LogP contribution in [0.25, 0.3) is 0 Å². The summed E-state index contributed by atoms with van der Waals surface area (Å²) in [6.07, 6.45) is 1.78. The van der Waals surface area contributed by atoms with Crippen LogP contribution in [0, 0.1) is 0 Å². The van der Waals surface area contributed by atoms with Crippen LogP contribution in [0.4, 0.5) is 11.4 Å². The maximum absolute atomic E-state index is 13.4. The Bertz CT molecular complexity index is 1230. The van der Waals surface area contributed by atoms with E-state index in [0.29, 0.717) is 22.8 Å². The number of rotatable bonds is 10. The molecule has 3 aromatic carbocycles. The summed E-state index contributed by atoms with van der Waals surface area (Å²) in [5.74, 6) is -0.904. The highest BCUT2D eigenvalue weighted by Crippen LogP contribution is 2.25. The lowest BCUT2D eigenvalue weighted by Crippen LogP contribution is -2.38. The number of anilines is 2. The number of carbonyl (C=O) groups is 2. The Balaban J connectivity index is 1.86. The summed E-state index contributed by atoms with van der Waals surface area (Å²) in [6, 6.07) is 20.6. The van der Waals surface area contributed by atoms with Gasteiger partial charge < -0.3 is 10.6 Å². The Kier molecular flexibility index (Phi) is 8.67. The fourth-order valence-electron chi connectivity index (χ4n) is 3.23. The second kappa shape index (κ2) is 11.7. The summed E-state index contributed by atoms with van der Waals surface area (Å²) in [5, 5.41) is 5.95. The fraction of sp³-hybridized carbons (Fsp3) is 0.200. The van der Waals surface area contributed by atoms with Gasteiger partial charge >= 0.3 is 0 Å². The number of halogens is 1. The average molecular weight is 500 g/mol. The average Bonchev–Trinajstić information content (AvgIpc) is 2.84. The number of nitrogens with one attached hydrogen (secondary N) is 2. The Labute approximate surface area is 204 Å². The number of sulfonamides is 1. The molecule has 0 unspecified atom stereocenters. The van der Waals surface area contributed by atoms with E-state index in [1.165, 1.54) is 24.3 Å². The maximum Gasteiger partial charge on any atom is 0.264 e. The summed E-state index contributed by atoms with van der Waals surface area (Å²) >= 11 is 5.97. The smallest absolute Gasteiger partial charge is 0.264 e. The van der Waals surface area contributed by atoms with Crippen molar-refractivity contribution in [2.24, 2.45) is 0 Å². The molecule has 2 N–H and O–H groups in total. The second-order valence-corrected chi connectivity index (χ2v) is 9.80. The van der Waals surface area contributed by atoms with Crippen molar-refractivity contribution in [1.29, 1.82) is 0 Å². The number of para-hydroxylation sites is 1. The van der Waals surface area contributed by atoms with Crippen LogP contribution >= 0.6 is 11.6 Å². The van der Waals surface area contributed by atoms with Gasteiger partial charge in [-0.05, 0) is 55.0 Å². The van der Waals surface area contributed by atoms with Crippen molar-refractivity contribution >= 4 is 44.8 Å². The van der Waals surface area contributed by atoms with Gasteiger partial charge in [0.1, 0.15) is 6.54 Å². The van der Waals surface area contributed by atoms with Gasteiger partial charge in [0.05, 0.1) is 21.8 Å². The quantitative estimate of drug-likeness (QED) is 0.395. The Morgan fingerprint density at radius 3 is 2.24 bits per heavy atom. The third-order valence-electron chi connectivity index (χ3n) is 4.99. The fourth-order valence-corrected chi connectivity index (χ4v) is 4.79. The minimum atomic E-state index is -4.05. The molecule has 34 heavy (non-hydrogen) atoms. The number of benzene rings is 3. The molecular formula is C25H26ClN3O4S. The predicted octanol–water partition coefficient (Wildman–Crippen LogP) is 4.70.